The van der Waals surface area contributed by atoms with Crippen molar-refractivity contribution in [2.45, 2.75) is 53.1 Å². The maximum absolute atomic E-state index is 9.06. The molecule has 2 aromatic rings. The lowest BCUT2D eigenvalue weighted by Gasteiger charge is -2.36. The summed E-state index contributed by atoms with van der Waals surface area (Å²) < 4.78 is 5.25. The number of piperidine rings is 1. The molecule has 0 bridgehead atoms. The van der Waals surface area contributed by atoms with Crippen molar-refractivity contribution in [2.75, 3.05) is 40.8 Å². The van der Waals surface area contributed by atoms with Gasteiger partial charge in [0.1, 0.15) is 5.75 Å². The van der Waals surface area contributed by atoms with E-state index in [9.17, 15) is 0 Å². The van der Waals surface area contributed by atoms with Crippen molar-refractivity contribution in [3.63, 3.8) is 0 Å². The van der Waals surface area contributed by atoms with E-state index in [2.05, 4.69) is 84.6 Å². The van der Waals surface area contributed by atoms with Gasteiger partial charge in [-0.05, 0) is 69.1 Å². The highest BCUT2D eigenvalue weighted by atomic mass is 16.5. The van der Waals surface area contributed by atoms with Crippen LogP contribution in [0.2, 0.25) is 0 Å². The Morgan fingerprint density at radius 2 is 1.69 bits per heavy atom. The molecule has 0 aliphatic carbocycles. The van der Waals surface area contributed by atoms with Crippen molar-refractivity contribution < 1.29 is 9.53 Å². The quantitative estimate of drug-likeness (QED) is 0.375. The van der Waals surface area contributed by atoms with Crippen LogP contribution in [0.4, 0.5) is 0 Å². The lowest BCUT2D eigenvalue weighted by Crippen LogP contribution is -2.43. The molecule has 1 amide bonds. The lowest BCUT2D eigenvalue weighted by molar-refractivity contribution is -0.109. The van der Waals surface area contributed by atoms with Gasteiger partial charge >= 0.3 is 0 Å². The van der Waals surface area contributed by atoms with Gasteiger partial charge in [0.2, 0.25) is 6.41 Å². The zero-order valence-electron chi connectivity index (χ0n) is 23.3. The molecule has 198 valence electrons. The highest BCUT2D eigenvalue weighted by Crippen LogP contribution is 2.19. The number of nitrogens with one attached hydrogen (secondary N) is 1. The summed E-state index contributed by atoms with van der Waals surface area (Å²) in [6.07, 6.45) is 5.18. The molecule has 1 aliphatic rings. The van der Waals surface area contributed by atoms with E-state index in [0.717, 1.165) is 48.9 Å². The number of aliphatic imine (C=N–C) groups is 1. The molecular formula is C30H46N4O2. The largest absolute Gasteiger partial charge is 0.497 e. The van der Waals surface area contributed by atoms with Gasteiger partial charge in [-0.1, -0.05) is 50.3 Å². The number of carbonyl (C=O) groups is 1. The number of rotatable bonds is 9. The SMILES string of the molecule is C/C=C(\CN1CCC(N(C)Cc2ccccc2)CC1)N=C(C)c1ccc(OC)cc1.CC.CNC=O. The number of hydrogen-bond acceptors (Lipinski definition) is 5. The second-order valence-corrected chi connectivity index (χ2v) is 8.52. The third-order valence-electron chi connectivity index (χ3n) is 6.11. The first-order valence-corrected chi connectivity index (χ1v) is 12.9. The van der Waals surface area contributed by atoms with Crippen LogP contribution in [-0.4, -0.2) is 68.8 Å². The summed E-state index contributed by atoms with van der Waals surface area (Å²) in [6.45, 7) is 12.4. The number of allylic oxidation sites excluding steroid dienone is 1. The number of methoxy groups -OCH3 is 1. The summed E-state index contributed by atoms with van der Waals surface area (Å²) in [5.74, 6) is 0.873. The van der Waals surface area contributed by atoms with Gasteiger partial charge in [-0.25, -0.2) is 0 Å². The Kier molecular flexibility index (Phi) is 15.8. The minimum Gasteiger partial charge on any atom is -0.497 e. The van der Waals surface area contributed by atoms with Gasteiger partial charge in [0.05, 0.1) is 12.8 Å². The standard InChI is InChI=1S/C26H35N3O.C2H5NO.C2H6/c1-5-24(27-21(2)23-11-13-26(30-4)14-12-23)20-29-17-15-25(16-18-29)28(3)19-22-9-7-6-8-10-22;1-3-2-4;1-2/h5-14,25H,15-20H2,1-4H3;2H,1H3,(H,3,4);1-2H3/b24-5+,27-21?;;. The van der Waals surface area contributed by atoms with Gasteiger partial charge in [0.15, 0.2) is 0 Å². The van der Waals surface area contributed by atoms with E-state index < -0.39 is 0 Å². The van der Waals surface area contributed by atoms with Crippen LogP contribution in [0, 0.1) is 0 Å². The Morgan fingerprint density at radius 3 is 2.19 bits per heavy atom. The molecule has 1 N–H and O–H groups in total. The first-order chi connectivity index (χ1) is 17.5. The van der Waals surface area contributed by atoms with Gasteiger partial charge < -0.3 is 10.1 Å². The number of benzene rings is 2. The van der Waals surface area contributed by atoms with E-state index >= 15 is 0 Å². The smallest absolute Gasteiger partial charge is 0.206 e. The molecule has 0 atom stereocenters. The molecule has 6 heteroatoms. The first kappa shape index (κ1) is 31.1. The Labute approximate surface area is 219 Å². The van der Waals surface area contributed by atoms with Crippen molar-refractivity contribution in [1.29, 1.82) is 0 Å². The average molecular weight is 495 g/mol. The normalized spacial score (nSPS) is 14.8. The molecule has 0 radical (unpaired) electrons. The zero-order chi connectivity index (χ0) is 26.8. The number of ether oxygens (including phenoxy) is 1. The van der Waals surface area contributed by atoms with E-state index in [4.69, 9.17) is 14.5 Å². The van der Waals surface area contributed by atoms with Crippen LogP contribution in [0.15, 0.2) is 71.4 Å². The monoisotopic (exact) mass is 494 g/mol. The lowest BCUT2D eigenvalue weighted by atomic mass is 10.0. The van der Waals surface area contributed by atoms with Crippen LogP contribution in [0.25, 0.3) is 0 Å². The minimum absolute atomic E-state index is 0.625. The van der Waals surface area contributed by atoms with Crippen LogP contribution in [-0.2, 0) is 11.3 Å². The summed E-state index contributed by atoms with van der Waals surface area (Å²) in [7, 11) is 5.51. The number of likely N-dealkylation sites (tertiary alicyclic amines) is 1. The number of carbonyl (C=O) groups excluding carboxylic acids is 1. The molecule has 0 spiro atoms. The van der Waals surface area contributed by atoms with Crippen molar-refractivity contribution in [1.82, 2.24) is 15.1 Å². The van der Waals surface area contributed by atoms with Crippen LogP contribution in [0.5, 0.6) is 5.75 Å². The summed E-state index contributed by atoms with van der Waals surface area (Å²) >= 11 is 0. The van der Waals surface area contributed by atoms with Crippen LogP contribution >= 0.6 is 0 Å². The summed E-state index contributed by atoms with van der Waals surface area (Å²) in [5, 5.41) is 2.25. The maximum atomic E-state index is 9.06. The fraction of sp³-hybridized carbons (Fsp3) is 0.467. The summed E-state index contributed by atoms with van der Waals surface area (Å²) in [6, 6.07) is 19.5. The van der Waals surface area contributed by atoms with E-state index in [1.807, 2.05) is 26.0 Å². The molecule has 36 heavy (non-hydrogen) atoms. The van der Waals surface area contributed by atoms with Gasteiger partial charge in [-0.2, -0.15) is 0 Å². The number of nitrogens with zero attached hydrogens (tertiary/aromatic N) is 3. The molecule has 3 rings (SSSR count). The molecule has 1 saturated heterocycles. The Bertz CT molecular complexity index is 902. The molecule has 1 heterocycles. The molecule has 2 aromatic carbocycles. The average Bonchev–Trinajstić information content (AvgIpc) is 2.94. The Balaban J connectivity index is 0.000000982. The molecule has 0 aromatic heterocycles. The summed E-state index contributed by atoms with van der Waals surface area (Å²) in [5.41, 5.74) is 4.71. The van der Waals surface area contributed by atoms with Gasteiger partial charge in [0.25, 0.3) is 0 Å². The van der Waals surface area contributed by atoms with E-state index in [1.54, 1.807) is 14.2 Å². The van der Waals surface area contributed by atoms with E-state index in [0.29, 0.717) is 12.5 Å². The Morgan fingerprint density at radius 1 is 1.11 bits per heavy atom. The van der Waals surface area contributed by atoms with E-state index in [1.165, 1.54) is 18.4 Å². The molecule has 1 fully saturated rings. The zero-order valence-corrected chi connectivity index (χ0v) is 23.3. The number of amides is 1. The van der Waals surface area contributed by atoms with E-state index in [-0.39, 0.29) is 0 Å². The third-order valence-corrected chi connectivity index (χ3v) is 6.11. The molecule has 0 saturated carbocycles. The van der Waals surface area contributed by atoms with Crippen LogP contribution < -0.4 is 10.1 Å². The third kappa shape index (κ3) is 11.2. The predicted octanol–water partition coefficient (Wildman–Crippen LogP) is 5.39. The van der Waals surface area contributed by atoms with Crippen LogP contribution in [0.3, 0.4) is 0 Å². The Hall–Kier alpha value is -2.96. The second kappa shape index (κ2) is 18.3. The molecule has 6 nitrogen and oxygen atoms in total. The molecule has 1 aliphatic heterocycles. The van der Waals surface area contributed by atoms with Gasteiger partial charge in [0, 0.05) is 45.0 Å². The molecule has 0 unspecified atom stereocenters. The fourth-order valence-corrected chi connectivity index (χ4v) is 4.05. The van der Waals surface area contributed by atoms with Gasteiger partial charge in [-0.3, -0.25) is 19.6 Å². The highest BCUT2D eigenvalue weighted by molar-refractivity contribution is 5.99. The van der Waals surface area contributed by atoms with Crippen molar-refractivity contribution in [3.05, 3.63) is 77.5 Å². The maximum Gasteiger partial charge on any atom is 0.206 e. The topological polar surface area (TPSA) is 57.2 Å². The number of hydrogen-bond donors (Lipinski definition) is 1. The van der Waals surface area contributed by atoms with Crippen molar-refractivity contribution in [2.24, 2.45) is 4.99 Å². The first-order valence-electron chi connectivity index (χ1n) is 12.9. The second-order valence-electron chi connectivity index (χ2n) is 8.52. The predicted molar refractivity (Wildman–Crippen MR) is 153 cm³/mol. The van der Waals surface area contributed by atoms with Crippen molar-refractivity contribution >= 4 is 12.1 Å². The van der Waals surface area contributed by atoms with Crippen molar-refractivity contribution in [3.8, 4) is 5.75 Å². The summed E-state index contributed by atoms with van der Waals surface area (Å²) in [4.78, 5) is 19.0. The fourth-order valence-electron chi connectivity index (χ4n) is 4.05. The highest BCUT2D eigenvalue weighted by Gasteiger charge is 2.22. The van der Waals surface area contributed by atoms with Crippen LogP contribution in [0.1, 0.15) is 51.7 Å². The van der Waals surface area contributed by atoms with Gasteiger partial charge in [-0.15, -0.1) is 0 Å². The molecular weight excluding hydrogens is 448 g/mol. The minimum atomic E-state index is 0.625.